The summed E-state index contributed by atoms with van der Waals surface area (Å²) in [4.78, 5) is 0. The Kier molecular flexibility index (Phi) is 9.01. The predicted molar refractivity (Wildman–Crippen MR) is 247 cm³/mol. The Morgan fingerprint density at radius 2 is 0.333 bits per heavy atom. The van der Waals surface area contributed by atoms with E-state index >= 15 is 0 Å². The molecule has 75 heavy (non-hydrogen) atoms. The summed E-state index contributed by atoms with van der Waals surface area (Å²) < 4.78 is 5.57. The molecule has 0 saturated heterocycles. The number of hydrogen-bond acceptors (Lipinski definition) is 29. The Morgan fingerprint density at radius 1 is 0.120 bits per heavy atom. The van der Waals surface area contributed by atoms with Crippen LogP contribution in [0.5, 0.6) is 161 Å². The molecular formula is C46H28O29. The van der Waals surface area contributed by atoms with E-state index in [0.29, 0.717) is 0 Å². The van der Waals surface area contributed by atoms with E-state index in [0.717, 1.165) is 0 Å². The van der Waals surface area contributed by atoms with Crippen molar-refractivity contribution in [3.63, 3.8) is 0 Å². The maximum atomic E-state index is 12.2. The first-order valence-corrected chi connectivity index (χ1v) is 20.2. The number of hydrogen-bond donors (Lipinski definition) is 28. The smallest absolute Gasteiger partial charge is 0.208 e. The predicted octanol–water partition coefficient (Wildman–Crippen LogP) is 4.96. The van der Waals surface area contributed by atoms with E-state index in [1.165, 1.54) is 0 Å². The van der Waals surface area contributed by atoms with Gasteiger partial charge in [-0.2, -0.15) is 0 Å². The van der Waals surface area contributed by atoms with Crippen molar-refractivity contribution in [3.05, 3.63) is 0 Å². The highest BCUT2D eigenvalue weighted by Crippen LogP contribution is 2.70. The lowest BCUT2D eigenvalue weighted by atomic mass is 9.81. The summed E-state index contributed by atoms with van der Waals surface area (Å²) in [5.41, 5.74) is -11.0. The summed E-state index contributed by atoms with van der Waals surface area (Å²) in [5, 5.41) is 301. The van der Waals surface area contributed by atoms with Crippen molar-refractivity contribution in [3.8, 4) is 194 Å². The third-order valence-electron chi connectivity index (χ3n) is 12.9. The SMILES string of the molecule is Oc1c(O)c(O)c(-c2c(O)c(O)c3c(O)c(-c4c5c(O)c(O)c(O)c(O)c5c(-c5c(O)c(O)c(O)c6oc7c(O)c8c(O)c(O)c(O)c(O)c8c(O)c7c56)c5c(O)c(O)c(O)c(O)c45)c(O)c(O)c3c2O)c(O)c1O. The second kappa shape index (κ2) is 14.4. The van der Waals surface area contributed by atoms with Gasteiger partial charge in [0, 0.05) is 43.6 Å². The van der Waals surface area contributed by atoms with E-state index in [4.69, 9.17) is 4.42 Å². The van der Waals surface area contributed by atoms with E-state index in [1.807, 2.05) is 0 Å². The van der Waals surface area contributed by atoms with Gasteiger partial charge in [0.1, 0.15) is 17.2 Å². The Hall–Kier alpha value is -11.8. The van der Waals surface area contributed by atoms with Crippen LogP contribution in [0.25, 0.3) is 98.4 Å². The molecule has 10 rings (SSSR count). The molecule has 0 aliphatic carbocycles. The molecule has 0 amide bonds. The van der Waals surface area contributed by atoms with Gasteiger partial charge in [-0.05, 0) is 0 Å². The molecule has 386 valence electrons. The molecule has 0 aliphatic rings. The number of rotatable bonds is 3. The lowest BCUT2D eigenvalue weighted by molar-refractivity contribution is 0.329. The van der Waals surface area contributed by atoms with Crippen LogP contribution in [-0.2, 0) is 0 Å². The molecule has 0 radical (unpaired) electrons. The topological polar surface area (TPSA) is 580 Å². The molecule has 0 bridgehead atoms. The highest BCUT2D eigenvalue weighted by molar-refractivity contribution is 6.35. The summed E-state index contributed by atoms with van der Waals surface area (Å²) in [5.74, 6) is -46.9. The van der Waals surface area contributed by atoms with Crippen molar-refractivity contribution in [2.24, 2.45) is 0 Å². The van der Waals surface area contributed by atoms with Gasteiger partial charge in [-0.1, -0.05) is 0 Å². The number of phenols is 28. The number of furan rings is 1. The molecule has 9 aromatic carbocycles. The Morgan fingerprint density at radius 3 is 0.720 bits per heavy atom. The monoisotopic (exact) mass is 1040 g/mol. The molecule has 0 spiro atoms. The molecule has 10 aromatic rings. The second-order valence-corrected chi connectivity index (χ2v) is 16.5. The third kappa shape index (κ3) is 5.20. The first-order chi connectivity index (χ1) is 35.0. The molecule has 29 nitrogen and oxygen atoms in total. The van der Waals surface area contributed by atoms with Crippen LogP contribution in [0.1, 0.15) is 0 Å². The van der Waals surface area contributed by atoms with E-state index in [2.05, 4.69) is 0 Å². The highest BCUT2D eigenvalue weighted by atomic mass is 16.4. The van der Waals surface area contributed by atoms with Crippen molar-refractivity contribution < 1.29 is 147 Å². The quantitative estimate of drug-likeness (QED) is 0.0631. The lowest BCUT2D eigenvalue weighted by Gasteiger charge is -2.25. The summed E-state index contributed by atoms with van der Waals surface area (Å²) in [6, 6.07) is 0. The minimum atomic E-state index is -1.87. The Balaban J connectivity index is 1.50. The molecule has 28 N–H and O–H groups in total. The van der Waals surface area contributed by atoms with Crippen molar-refractivity contribution in [2.75, 3.05) is 0 Å². The van der Waals surface area contributed by atoms with E-state index in [9.17, 15) is 143 Å². The first kappa shape index (κ1) is 46.9. The van der Waals surface area contributed by atoms with Crippen molar-refractivity contribution >= 4 is 65.0 Å². The largest absolute Gasteiger partial charge is 0.506 e. The second-order valence-electron chi connectivity index (χ2n) is 16.5. The lowest BCUT2D eigenvalue weighted by Crippen LogP contribution is -1.97. The maximum Gasteiger partial charge on any atom is 0.208 e. The fourth-order valence-corrected chi connectivity index (χ4v) is 9.49. The van der Waals surface area contributed by atoms with Gasteiger partial charge < -0.3 is 147 Å². The summed E-state index contributed by atoms with van der Waals surface area (Å²) in [6.07, 6.45) is 0. The van der Waals surface area contributed by atoms with Crippen LogP contribution in [0, 0.1) is 0 Å². The highest BCUT2D eigenvalue weighted by Gasteiger charge is 2.41. The van der Waals surface area contributed by atoms with Crippen LogP contribution >= 0.6 is 0 Å². The zero-order valence-electron chi connectivity index (χ0n) is 35.9. The van der Waals surface area contributed by atoms with Crippen molar-refractivity contribution in [1.29, 1.82) is 0 Å². The summed E-state index contributed by atoms with van der Waals surface area (Å²) >= 11 is 0. The van der Waals surface area contributed by atoms with Crippen LogP contribution in [-0.4, -0.2) is 143 Å². The Labute approximate surface area is 406 Å². The molecule has 0 aliphatic heterocycles. The van der Waals surface area contributed by atoms with Gasteiger partial charge in [-0.15, -0.1) is 0 Å². The van der Waals surface area contributed by atoms with Gasteiger partial charge in [0.2, 0.25) is 63.2 Å². The van der Waals surface area contributed by atoms with Gasteiger partial charge >= 0.3 is 0 Å². The van der Waals surface area contributed by atoms with Gasteiger partial charge in [0.15, 0.2) is 91.7 Å². The number of fused-ring (bicyclic) bond motifs is 7. The number of benzene rings is 9. The Bertz CT molecular complexity index is 4330. The maximum absolute atomic E-state index is 12.2. The summed E-state index contributed by atoms with van der Waals surface area (Å²) in [6.45, 7) is 0. The van der Waals surface area contributed by atoms with Gasteiger partial charge in [0.25, 0.3) is 0 Å². The fourth-order valence-electron chi connectivity index (χ4n) is 9.49. The number of phenolic OH excluding ortho intramolecular Hbond substituents is 28. The van der Waals surface area contributed by atoms with Gasteiger partial charge in [0.05, 0.1) is 43.6 Å². The van der Waals surface area contributed by atoms with Crippen molar-refractivity contribution in [2.45, 2.75) is 0 Å². The molecule has 0 unspecified atom stereocenters. The molecule has 0 saturated carbocycles. The molecule has 1 aromatic heterocycles. The van der Waals surface area contributed by atoms with Gasteiger partial charge in [-0.3, -0.25) is 0 Å². The zero-order chi connectivity index (χ0) is 55.3. The normalized spacial score (nSPS) is 11.9. The average molecular weight is 1040 g/mol. The molecular weight excluding hydrogens is 1020 g/mol. The molecule has 0 atom stereocenters. The molecule has 1 heterocycles. The van der Waals surface area contributed by atoms with E-state index < -0.39 is 259 Å². The zero-order valence-corrected chi connectivity index (χ0v) is 35.9. The first-order valence-electron chi connectivity index (χ1n) is 20.2. The molecule has 0 fully saturated rings. The van der Waals surface area contributed by atoms with Crippen LogP contribution in [0.2, 0.25) is 0 Å². The fraction of sp³-hybridized carbons (Fsp3) is 0. The van der Waals surface area contributed by atoms with E-state index in [1.54, 1.807) is 0 Å². The summed E-state index contributed by atoms with van der Waals surface area (Å²) in [7, 11) is 0. The third-order valence-corrected chi connectivity index (χ3v) is 12.9. The van der Waals surface area contributed by atoms with Crippen LogP contribution in [0.15, 0.2) is 4.42 Å². The van der Waals surface area contributed by atoms with Gasteiger partial charge in [-0.25, -0.2) is 0 Å². The average Bonchev–Trinajstić information content (AvgIpc) is 3.78. The van der Waals surface area contributed by atoms with E-state index in [-0.39, 0.29) is 0 Å². The van der Waals surface area contributed by atoms with Crippen LogP contribution in [0.4, 0.5) is 0 Å². The van der Waals surface area contributed by atoms with Crippen LogP contribution in [0.3, 0.4) is 0 Å². The minimum Gasteiger partial charge on any atom is -0.506 e. The standard InChI is InChI=1S/C46H28O29/c47-17-9(25(55)26(56)11-10(17)27(57)28(58)12(18(11)48)14-30(60)40(70)43(73)41(71)31(14)61)2-5-3(20(50)34(64)36(66)22(5)52)1(4-6(2)23(53)37(67)35(65)21(4)51)7-8-16-19(49)13-15(32(62)39(69)38(68)29(13)59)33(63)46(16)75-45(8)44(74)42(72)24(7)54/h47-74H. The minimum absolute atomic E-state index is 1.09. The van der Waals surface area contributed by atoms with Crippen LogP contribution < -0.4 is 0 Å². The number of aromatic hydroxyl groups is 28. The van der Waals surface area contributed by atoms with Crippen molar-refractivity contribution in [1.82, 2.24) is 0 Å². The molecule has 29 heteroatoms.